The van der Waals surface area contributed by atoms with Crippen molar-refractivity contribution < 1.29 is 14.7 Å². The van der Waals surface area contributed by atoms with E-state index in [0.29, 0.717) is 22.7 Å². The normalized spacial score (nSPS) is 15.2. The SMILES string of the molecule is CC(C(=O)O)c1cccc(NC(=O)c2cnn(C)c2C2CC2)c1. The minimum atomic E-state index is -0.892. The van der Waals surface area contributed by atoms with E-state index in [0.717, 1.165) is 18.5 Å². The molecule has 2 aromatic rings. The molecule has 0 radical (unpaired) electrons. The fourth-order valence-electron chi connectivity index (χ4n) is 2.69. The molecule has 0 spiro atoms. The fourth-order valence-corrected chi connectivity index (χ4v) is 2.69. The van der Waals surface area contributed by atoms with Crippen LogP contribution in [0, 0.1) is 0 Å². The molecule has 1 saturated carbocycles. The zero-order valence-electron chi connectivity index (χ0n) is 13.1. The maximum atomic E-state index is 12.5. The molecular weight excluding hydrogens is 294 g/mol. The van der Waals surface area contributed by atoms with Gasteiger partial charge >= 0.3 is 5.97 Å². The highest BCUT2D eigenvalue weighted by atomic mass is 16.4. The number of carbonyl (C=O) groups is 2. The quantitative estimate of drug-likeness (QED) is 0.889. The van der Waals surface area contributed by atoms with Gasteiger partial charge in [-0.2, -0.15) is 5.10 Å². The first-order valence-electron chi connectivity index (χ1n) is 7.63. The Morgan fingerprint density at radius 3 is 2.78 bits per heavy atom. The molecule has 1 heterocycles. The fraction of sp³-hybridized carbons (Fsp3) is 0.353. The van der Waals surface area contributed by atoms with Crippen LogP contribution in [0.1, 0.15) is 53.2 Å². The van der Waals surface area contributed by atoms with Crippen molar-refractivity contribution in [2.45, 2.75) is 31.6 Å². The standard InChI is InChI=1S/C17H19N3O3/c1-10(17(22)23)12-4-3-5-13(8-12)19-16(21)14-9-18-20(2)15(14)11-6-7-11/h3-5,8-11H,6-7H2,1-2H3,(H,19,21)(H,22,23). The Bertz CT molecular complexity index is 762. The number of carboxylic acids is 1. The van der Waals surface area contributed by atoms with Gasteiger partial charge in [0, 0.05) is 18.7 Å². The van der Waals surface area contributed by atoms with Crippen LogP contribution in [0.3, 0.4) is 0 Å². The Kier molecular flexibility index (Phi) is 3.90. The van der Waals surface area contributed by atoms with Gasteiger partial charge in [0.25, 0.3) is 5.91 Å². The van der Waals surface area contributed by atoms with Crippen LogP contribution in [0.25, 0.3) is 0 Å². The summed E-state index contributed by atoms with van der Waals surface area (Å²) in [6.45, 7) is 1.62. The molecule has 120 valence electrons. The summed E-state index contributed by atoms with van der Waals surface area (Å²) in [7, 11) is 1.85. The first-order valence-corrected chi connectivity index (χ1v) is 7.63. The van der Waals surface area contributed by atoms with Gasteiger partial charge in [0.05, 0.1) is 23.4 Å². The minimum Gasteiger partial charge on any atom is -0.481 e. The van der Waals surface area contributed by atoms with Crippen molar-refractivity contribution >= 4 is 17.6 Å². The van der Waals surface area contributed by atoms with Crippen LogP contribution in [0.5, 0.6) is 0 Å². The van der Waals surface area contributed by atoms with Gasteiger partial charge in [-0.15, -0.1) is 0 Å². The van der Waals surface area contributed by atoms with E-state index in [1.54, 1.807) is 42.1 Å². The molecule has 6 nitrogen and oxygen atoms in total. The molecule has 1 aromatic heterocycles. The third-order valence-corrected chi connectivity index (χ3v) is 4.21. The maximum Gasteiger partial charge on any atom is 0.310 e. The number of benzene rings is 1. The summed E-state index contributed by atoms with van der Waals surface area (Å²) in [6.07, 6.45) is 3.77. The molecule has 2 N–H and O–H groups in total. The molecule has 6 heteroatoms. The molecule has 1 aliphatic rings. The summed E-state index contributed by atoms with van der Waals surface area (Å²) in [5.41, 5.74) is 2.80. The number of nitrogens with one attached hydrogen (secondary N) is 1. The second-order valence-corrected chi connectivity index (χ2v) is 5.98. The highest BCUT2D eigenvalue weighted by Crippen LogP contribution is 2.41. The van der Waals surface area contributed by atoms with Crippen molar-refractivity contribution in [1.82, 2.24) is 9.78 Å². The van der Waals surface area contributed by atoms with Crippen molar-refractivity contribution in [3.05, 3.63) is 47.3 Å². The van der Waals surface area contributed by atoms with Crippen molar-refractivity contribution in [2.75, 3.05) is 5.32 Å². The Morgan fingerprint density at radius 2 is 2.13 bits per heavy atom. The lowest BCUT2D eigenvalue weighted by molar-refractivity contribution is -0.138. The molecule has 0 saturated heterocycles. The van der Waals surface area contributed by atoms with Crippen molar-refractivity contribution in [1.29, 1.82) is 0 Å². The Morgan fingerprint density at radius 1 is 1.39 bits per heavy atom. The molecule has 3 rings (SSSR count). The van der Waals surface area contributed by atoms with E-state index in [1.165, 1.54) is 0 Å². The van der Waals surface area contributed by atoms with E-state index < -0.39 is 11.9 Å². The molecule has 1 unspecified atom stereocenters. The van der Waals surface area contributed by atoms with E-state index in [4.69, 9.17) is 5.11 Å². The maximum absolute atomic E-state index is 12.5. The van der Waals surface area contributed by atoms with E-state index in [2.05, 4.69) is 10.4 Å². The highest BCUT2D eigenvalue weighted by Gasteiger charge is 2.31. The van der Waals surface area contributed by atoms with Crippen molar-refractivity contribution in [3.63, 3.8) is 0 Å². The predicted molar refractivity (Wildman–Crippen MR) is 85.6 cm³/mol. The number of hydrogen-bond acceptors (Lipinski definition) is 3. The van der Waals surface area contributed by atoms with Gasteiger partial charge in [0.1, 0.15) is 0 Å². The van der Waals surface area contributed by atoms with Gasteiger partial charge in [-0.1, -0.05) is 12.1 Å². The Hall–Kier alpha value is -2.63. The molecule has 0 bridgehead atoms. The van der Waals surface area contributed by atoms with E-state index in [1.807, 2.05) is 7.05 Å². The molecule has 0 aliphatic heterocycles. The number of aliphatic carboxylic acids is 1. The van der Waals surface area contributed by atoms with E-state index >= 15 is 0 Å². The number of aryl methyl sites for hydroxylation is 1. The van der Waals surface area contributed by atoms with Crippen molar-refractivity contribution in [2.24, 2.45) is 7.05 Å². The lowest BCUT2D eigenvalue weighted by atomic mass is 10.0. The van der Waals surface area contributed by atoms with Gasteiger partial charge < -0.3 is 10.4 Å². The largest absolute Gasteiger partial charge is 0.481 e. The third-order valence-electron chi connectivity index (χ3n) is 4.21. The second kappa shape index (κ2) is 5.87. The Balaban J connectivity index is 1.81. The number of carboxylic acid groups (broad SMARTS) is 1. The van der Waals surface area contributed by atoms with Crippen LogP contribution in [-0.2, 0) is 11.8 Å². The van der Waals surface area contributed by atoms with Crippen LogP contribution in [0.4, 0.5) is 5.69 Å². The van der Waals surface area contributed by atoms with Crippen LogP contribution in [0.2, 0.25) is 0 Å². The number of amides is 1. The second-order valence-electron chi connectivity index (χ2n) is 5.98. The van der Waals surface area contributed by atoms with Crippen LogP contribution < -0.4 is 5.32 Å². The van der Waals surface area contributed by atoms with E-state index in [9.17, 15) is 9.59 Å². The van der Waals surface area contributed by atoms with Crippen LogP contribution in [-0.4, -0.2) is 26.8 Å². The number of aromatic nitrogens is 2. The van der Waals surface area contributed by atoms with Crippen LogP contribution >= 0.6 is 0 Å². The van der Waals surface area contributed by atoms with Crippen LogP contribution in [0.15, 0.2) is 30.5 Å². The molecule has 1 fully saturated rings. The number of rotatable bonds is 5. The molecule has 1 aromatic carbocycles. The topological polar surface area (TPSA) is 84.2 Å². The van der Waals surface area contributed by atoms with Gasteiger partial charge in [-0.3, -0.25) is 14.3 Å². The average Bonchev–Trinajstić information content (AvgIpc) is 3.28. The van der Waals surface area contributed by atoms with Crippen molar-refractivity contribution in [3.8, 4) is 0 Å². The molecule has 1 aliphatic carbocycles. The van der Waals surface area contributed by atoms with Gasteiger partial charge in [-0.25, -0.2) is 0 Å². The van der Waals surface area contributed by atoms with Gasteiger partial charge in [0.15, 0.2) is 0 Å². The highest BCUT2D eigenvalue weighted by molar-refractivity contribution is 6.05. The Labute approximate surface area is 134 Å². The summed E-state index contributed by atoms with van der Waals surface area (Å²) < 4.78 is 1.76. The average molecular weight is 313 g/mol. The number of nitrogens with zero attached hydrogens (tertiary/aromatic N) is 2. The number of anilines is 1. The lowest BCUT2D eigenvalue weighted by Gasteiger charge is -2.10. The summed E-state index contributed by atoms with van der Waals surface area (Å²) in [5, 5.41) is 16.1. The third kappa shape index (κ3) is 3.11. The predicted octanol–water partition coefficient (Wildman–Crippen LogP) is 2.74. The summed E-state index contributed by atoms with van der Waals surface area (Å²) in [6, 6.07) is 6.94. The zero-order chi connectivity index (χ0) is 16.6. The summed E-state index contributed by atoms with van der Waals surface area (Å²) in [5.74, 6) is -1.30. The lowest BCUT2D eigenvalue weighted by Crippen LogP contribution is -2.14. The molecule has 1 amide bonds. The molecule has 23 heavy (non-hydrogen) atoms. The number of carbonyl (C=O) groups excluding carboxylic acids is 1. The smallest absolute Gasteiger partial charge is 0.310 e. The van der Waals surface area contributed by atoms with Gasteiger partial charge in [-0.05, 0) is 37.5 Å². The minimum absolute atomic E-state index is 0.208. The molecule has 1 atom stereocenters. The molecular formula is C17H19N3O3. The van der Waals surface area contributed by atoms with Gasteiger partial charge in [0.2, 0.25) is 0 Å². The zero-order valence-corrected chi connectivity index (χ0v) is 13.1. The monoisotopic (exact) mass is 313 g/mol. The number of hydrogen-bond donors (Lipinski definition) is 2. The summed E-state index contributed by atoms with van der Waals surface area (Å²) in [4.78, 5) is 23.6. The van der Waals surface area contributed by atoms with E-state index in [-0.39, 0.29) is 5.91 Å². The first kappa shape index (κ1) is 15.3. The first-order chi connectivity index (χ1) is 11.0. The summed E-state index contributed by atoms with van der Waals surface area (Å²) >= 11 is 0.